The maximum absolute atomic E-state index is 12.3. The van der Waals surface area contributed by atoms with Crippen LogP contribution in [0.3, 0.4) is 0 Å². The molecule has 2 heterocycles. The lowest BCUT2D eigenvalue weighted by molar-refractivity contribution is -0.120. The Hall–Kier alpha value is -3.79. The number of aryl methyl sites for hydroxylation is 1. The Bertz CT molecular complexity index is 1270. The summed E-state index contributed by atoms with van der Waals surface area (Å²) < 4.78 is 16.6. The first-order valence-corrected chi connectivity index (χ1v) is 10.7. The highest BCUT2D eigenvalue weighted by Gasteiger charge is 2.16. The summed E-state index contributed by atoms with van der Waals surface area (Å²) in [4.78, 5) is 32.3. The van der Waals surface area contributed by atoms with Gasteiger partial charge in [0.15, 0.2) is 0 Å². The average Bonchev–Trinajstić information content (AvgIpc) is 3.40. The van der Waals surface area contributed by atoms with Crippen LogP contribution in [0.5, 0.6) is 11.5 Å². The number of hydrogen-bond donors (Lipinski definition) is 1. The number of esters is 1. The molecule has 10 heteroatoms. The molecule has 1 N–H and O–H groups in total. The quantitative estimate of drug-likeness (QED) is 0.401. The molecular formula is C22H20N4O5S. The van der Waals surface area contributed by atoms with E-state index in [0.717, 1.165) is 21.5 Å². The third kappa shape index (κ3) is 5.09. The van der Waals surface area contributed by atoms with Gasteiger partial charge in [-0.05, 0) is 42.8 Å². The van der Waals surface area contributed by atoms with E-state index in [4.69, 9.17) is 14.0 Å². The van der Waals surface area contributed by atoms with E-state index < -0.39 is 5.97 Å². The Morgan fingerprint density at radius 1 is 1.16 bits per heavy atom. The van der Waals surface area contributed by atoms with Crippen molar-refractivity contribution >= 4 is 33.4 Å². The highest BCUT2D eigenvalue weighted by Crippen LogP contribution is 2.30. The van der Waals surface area contributed by atoms with Crippen molar-refractivity contribution in [3.05, 3.63) is 64.8 Å². The first kappa shape index (κ1) is 21.4. The number of para-hydroxylation sites is 1. The van der Waals surface area contributed by atoms with Crippen molar-refractivity contribution in [2.24, 2.45) is 0 Å². The molecule has 1 amide bonds. The summed E-state index contributed by atoms with van der Waals surface area (Å²) in [5, 5.41) is 6.89. The van der Waals surface area contributed by atoms with Gasteiger partial charge in [0.2, 0.25) is 11.8 Å². The van der Waals surface area contributed by atoms with Crippen molar-refractivity contribution in [1.29, 1.82) is 0 Å². The number of ether oxygens (including phenoxy) is 2. The van der Waals surface area contributed by atoms with Crippen LogP contribution in [0.15, 0.2) is 47.0 Å². The van der Waals surface area contributed by atoms with Gasteiger partial charge in [-0.25, -0.2) is 9.78 Å². The van der Waals surface area contributed by atoms with Gasteiger partial charge in [0.1, 0.15) is 16.5 Å². The zero-order valence-corrected chi connectivity index (χ0v) is 18.3. The first-order valence-electron chi connectivity index (χ1n) is 9.91. The summed E-state index contributed by atoms with van der Waals surface area (Å²) >= 11 is 1.43. The number of fused-ring (bicyclic) bond motifs is 1. The average molecular weight is 452 g/mol. The molecule has 2 aromatic heterocycles. The van der Waals surface area contributed by atoms with Gasteiger partial charge in [0.25, 0.3) is 5.82 Å². The Labute approximate surface area is 187 Å². The molecule has 0 saturated heterocycles. The first-order chi connectivity index (χ1) is 15.5. The lowest BCUT2D eigenvalue weighted by Crippen LogP contribution is -2.24. The molecule has 32 heavy (non-hydrogen) atoms. The molecule has 0 radical (unpaired) electrons. The van der Waals surface area contributed by atoms with E-state index >= 15 is 0 Å². The molecule has 9 nitrogen and oxygen atoms in total. The van der Waals surface area contributed by atoms with Gasteiger partial charge < -0.3 is 19.3 Å². The zero-order chi connectivity index (χ0) is 22.5. The number of thiazole rings is 1. The standard InChI is InChI=1S/C22H20N4O5S/c1-3-29-22(28)21-25-19(31-26-21)12-23-18(27)11-20-24-15-9-8-14(10-17(15)32-20)30-16-7-5-4-6-13(16)2/h4-10H,3,11-12H2,1-2H3,(H,23,27). The summed E-state index contributed by atoms with van der Waals surface area (Å²) in [5.74, 6) is 0.517. The van der Waals surface area contributed by atoms with Crippen LogP contribution in [-0.2, 0) is 22.5 Å². The Kier molecular flexibility index (Phi) is 6.41. The molecule has 4 aromatic rings. The van der Waals surface area contributed by atoms with Crippen LogP contribution >= 0.6 is 11.3 Å². The summed E-state index contributed by atoms with van der Waals surface area (Å²) in [6.45, 7) is 3.88. The monoisotopic (exact) mass is 452 g/mol. The fourth-order valence-electron chi connectivity index (χ4n) is 2.87. The van der Waals surface area contributed by atoms with Gasteiger partial charge in [-0.1, -0.05) is 18.2 Å². The van der Waals surface area contributed by atoms with Gasteiger partial charge in [0, 0.05) is 6.07 Å². The van der Waals surface area contributed by atoms with Gasteiger partial charge in [-0.3, -0.25) is 4.79 Å². The summed E-state index contributed by atoms with van der Waals surface area (Å²) in [6, 6.07) is 13.4. The van der Waals surface area contributed by atoms with E-state index in [0.29, 0.717) is 10.8 Å². The van der Waals surface area contributed by atoms with E-state index in [1.165, 1.54) is 11.3 Å². The molecule has 164 valence electrons. The molecular weight excluding hydrogens is 432 g/mol. The predicted octanol–water partition coefficient (Wildman–Crippen LogP) is 3.82. The number of nitrogens with zero attached hydrogens (tertiary/aromatic N) is 3. The summed E-state index contributed by atoms with van der Waals surface area (Å²) in [7, 11) is 0. The minimum Gasteiger partial charge on any atom is -0.460 e. The van der Waals surface area contributed by atoms with Crippen molar-refractivity contribution in [2.75, 3.05) is 6.61 Å². The second-order valence-corrected chi connectivity index (χ2v) is 7.91. The molecule has 0 unspecified atom stereocenters. The minimum atomic E-state index is -0.672. The van der Waals surface area contributed by atoms with Crippen LogP contribution < -0.4 is 10.1 Å². The van der Waals surface area contributed by atoms with Gasteiger partial charge in [0.05, 0.1) is 29.8 Å². The predicted molar refractivity (Wildman–Crippen MR) is 117 cm³/mol. The number of hydrogen-bond acceptors (Lipinski definition) is 9. The number of amides is 1. The smallest absolute Gasteiger partial charge is 0.379 e. The van der Waals surface area contributed by atoms with E-state index in [9.17, 15) is 9.59 Å². The molecule has 0 aliphatic carbocycles. The molecule has 0 saturated carbocycles. The molecule has 0 fully saturated rings. The van der Waals surface area contributed by atoms with Crippen LogP contribution in [0.2, 0.25) is 0 Å². The highest BCUT2D eigenvalue weighted by molar-refractivity contribution is 7.18. The number of benzene rings is 2. The lowest BCUT2D eigenvalue weighted by atomic mass is 10.2. The number of carbonyl (C=O) groups is 2. The van der Waals surface area contributed by atoms with E-state index in [1.54, 1.807) is 6.92 Å². The second-order valence-electron chi connectivity index (χ2n) is 6.79. The van der Waals surface area contributed by atoms with E-state index in [-0.39, 0.29) is 37.2 Å². The van der Waals surface area contributed by atoms with Crippen LogP contribution in [0.4, 0.5) is 0 Å². The van der Waals surface area contributed by atoms with Crippen molar-refractivity contribution < 1.29 is 23.6 Å². The van der Waals surface area contributed by atoms with E-state index in [2.05, 4.69) is 20.4 Å². The Balaban J connectivity index is 1.36. The fourth-order valence-corrected chi connectivity index (χ4v) is 3.86. The molecule has 4 rings (SSSR count). The Morgan fingerprint density at radius 2 is 2.00 bits per heavy atom. The molecule has 2 aromatic carbocycles. The normalized spacial score (nSPS) is 10.8. The molecule has 0 aliphatic heterocycles. The fraction of sp³-hybridized carbons (Fsp3) is 0.227. The van der Waals surface area contributed by atoms with Crippen molar-refractivity contribution in [3.63, 3.8) is 0 Å². The number of nitrogens with one attached hydrogen (secondary N) is 1. The highest BCUT2D eigenvalue weighted by atomic mass is 32.1. The summed E-state index contributed by atoms with van der Waals surface area (Å²) in [5.41, 5.74) is 1.84. The zero-order valence-electron chi connectivity index (χ0n) is 17.5. The second kappa shape index (κ2) is 9.56. The van der Waals surface area contributed by atoms with Gasteiger partial charge in [-0.2, -0.15) is 4.98 Å². The molecule has 0 aliphatic rings. The lowest BCUT2D eigenvalue weighted by Gasteiger charge is -2.07. The van der Waals surface area contributed by atoms with Crippen LogP contribution in [-0.4, -0.2) is 33.6 Å². The molecule has 0 bridgehead atoms. The van der Waals surface area contributed by atoms with Crippen LogP contribution in [0, 0.1) is 6.92 Å². The number of aromatic nitrogens is 3. The van der Waals surface area contributed by atoms with Crippen molar-refractivity contribution in [2.45, 2.75) is 26.8 Å². The number of rotatable bonds is 8. The van der Waals surface area contributed by atoms with Crippen molar-refractivity contribution in [3.8, 4) is 11.5 Å². The van der Waals surface area contributed by atoms with Crippen molar-refractivity contribution in [1.82, 2.24) is 20.4 Å². The largest absolute Gasteiger partial charge is 0.460 e. The van der Waals surface area contributed by atoms with Gasteiger partial charge in [-0.15, -0.1) is 11.3 Å². The third-order valence-corrected chi connectivity index (χ3v) is 5.42. The Morgan fingerprint density at radius 3 is 2.81 bits per heavy atom. The summed E-state index contributed by atoms with van der Waals surface area (Å²) in [6.07, 6.45) is 0.103. The topological polar surface area (TPSA) is 116 Å². The maximum atomic E-state index is 12.3. The number of carbonyl (C=O) groups excluding carboxylic acids is 2. The molecule has 0 atom stereocenters. The third-order valence-electron chi connectivity index (χ3n) is 4.40. The molecule has 0 spiro atoms. The minimum absolute atomic E-state index is 0.00451. The van der Waals surface area contributed by atoms with Crippen LogP contribution in [0.25, 0.3) is 10.2 Å². The SMILES string of the molecule is CCOC(=O)c1noc(CNC(=O)Cc2nc3ccc(Oc4ccccc4C)cc3s2)n1. The van der Waals surface area contributed by atoms with Gasteiger partial charge >= 0.3 is 5.97 Å². The van der Waals surface area contributed by atoms with E-state index in [1.807, 2.05) is 49.4 Å². The van der Waals surface area contributed by atoms with Crippen LogP contribution in [0.1, 0.15) is 34.0 Å². The maximum Gasteiger partial charge on any atom is 0.379 e.